The quantitative estimate of drug-likeness (QED) is 0.860. The highest BCUT2D eigenvalue weighted by Gasteiger charge is 2.34. The number of carbonyl (C=O) groups is 1. The first-order chi connectivity index (χ1) is 11.4. The standard InChI is InChI=1S/C15H22F3N5O/c16-15(17,18)13-8-12(20-21-13)10-22-5-1-2-11(9-22)14(24)23-6-3-19-4-7-23/h8,11,19H,1-7,9-10H2,(H,20,21). The van der Waals surface area contributed by atoms with Gasteiger partial charge in [0.15, 0.2) is 5.69 Å². The molecule has 1 atom stereocenters. The number of aromatic nitrogens is 2. The Morgan fingerprint density at radius 1 is 1.29 bits per heavy atom. The largest absolute Gasteiger partial charge is 0.435 e. The maximum Gasteiger partial charge on any atom is 0.435 e. The van der Waals surface area contributed by atoms with Crippen molar-refractivity contribution >= 4 is 5.91 Å². The zero-order valence-corrected chi connectivity index (χ0v) is 13.4. The van der Waals surface area contributed by atoms with Crippen LogP contribution < -0.4 is 5.32 Å². The van der Waals surface area contributed by atoms with E-state index in [0.717, 1.165) is 51.6 Å². The smallest absolute Gasteiger partial charge is 0.340 e. The number of amides is 1. The number of hydrogen-bond donors (Lipinski definition) is 2. The van der Waals surface area contributed by atoms with Crippen molar-refractivity contribution in [3.05, 3.63) is 17.5 Å². The van der Waals surface area contributed by atoms with Gasteiger partial charge in [-0.2, -0.15) is 18.3 Å². The molecule has 2 aliphatic heterocycles. The molecule has 0 radical (unpaired) electrons. The van der Waals surface area contributed by atoms with E-state index in [0.29, 0.717) is 18.8 Å². The van der Waals surface area contributed by atoms with Crippen LogP contribution in [0, 0.1) is 5.92 Å². The molecule has 1 unspecified atom stereocenters. The summed E-state index contributed by atoms with van der Waals surface area (Å²) in [4.78, 5) is 16.5. The minimum absolute atomic E-state index is 0.0677. The van der Waals surface area contributed by atoms with Gasteiger partial charge >= 0.3 is 6.18 Å². The van der Waals surface area contributed by atoms with Gasteiger partial charge in [0.2, 0.25) is 5.91 Å². The Morgan fingerprint density at radius 2 is 2.04 bits per heavy atom. The van der Waals surface area contributed by atoms with Crippen molar-refractivity contribution in [1.29, 1.82) is 0 Å². The molecule has 1 amide bonds. The molecule has 2 fully saturated rings. The third-order valence-electron chi connectivity index (χ3n) is 4.60. The van der Waals surface area contributed by atoms with E-state index < -0.39 is 11.9 Å². The molecule has 6 nitrogen and oxygen atoms in total. The van der Waals surface area contributed by atoms with Crippen LogP contribution in [0.3, 0.4) is 0 Å². The van der Waals surface area contributed by atoms with E-state index in [2.05, 4.69) is 15.5 Å². The van der Waals surface area contributed by atoms with Crippen LogP contribution in [0.25, 0.3) is 0 Å². The number of likely N-dealkylation sites (tertiary alicyclic amines) is 1. The summed E-state index contributed by atoms with van der Waals surface area (Å²) in [7, 11) is 0. The molecular formula is C15H22F3N5O. The molecule has 0 saturated carbocycles. The lowest BCUT2D eigenvalue weighted by Crippen LogP contribution is -2.51. The van der Waals surface area contributed by atoms with E-state index >= 15 is 0 Å². The van der Waals surface area contributed by atoms with Gasteiger partial charge in [-0.15, -0.1) is 0 Å². The molecular weight excluding hydrogens is 323 g/mol. The number of piperazine rings is 1. The number of hydrogen-bond acceptors (Lipinski definition) is 4. The molecule has 0 aromatic carbocycles. The highest BCUT2D eigenvalue weighted by Crippen LogP contribution is 2.28. The predicted molar refractivity (Wildman–Crippen MR) is 81.0 cm³/mol. The molecule has 3 heterocycles. The molecule has 0 spiro atoms. The van der Waals surface area contributed by atoms with Gasteiger partial charge in [-0.1, -0.05) is 0 Å². The predicted octanol–water partition coefficient (Wildman–Crippen LogP) is 1.07. The molecule has 0 aliphatic carbocycles. The van der Waals surface area contributed by atoms with E-state index in [9.17, 15) is 18.0 Å². The van der Waals surface area contributed by atoms with Gasteiger partial charge in [-0.3, -0.25) is 14.8 Å². The number of H-pyrrole nitrogens is 1. The topological polar surface area (TPSA) is 64.3 Å². The number of nitrogens with one attached hydrogen (secondary N) is 2. The van der Waals surface area contributed by atoms with Gasteiger partial charge in [-0.25, -0.2) is 0 Å². The minimum Gasteiger partial charge on any atom is -0.340 e. The summed E-state index contributed by atoms with van der Waals surface area (Å²) in [5, 5.41) is 8.99. The van der Waals surface area contributed by atoms with Gasteiger partial charge < -0.3 is 10.2 Å². The van der Waals surface area contributed by atoms with E-state index in [1.807, 2.05) is 9.80 Å². The second-order valence-corrected chi connectivity index (χ2v) is 6.43. The molecule has 2 N–H and O–H groups in total. The van der Waals surface area contributed by atoms with Crippen molar-refractivity contribution in [3.63, 3.8) is 0 Å². The van der Waals surface area contributed by atoms with E-state index in [4.69, 9.17) is 0 Å². The van der Waals surface area contributed by atoms with Crippen LogP contribution in [0.5, 0.6) is 0 Å². The van der Waals surface area contributed by atoms with Crippen molar-refractivity contribution in [2.24, 2.45) is 5.92 Å². The van der Waals surface area contributed by atoms with Crippen LogP contribution in [0.2, 0.25) is 0 Å². The molecule has 0 bridgehead atoms. The first-order valence-corrected chi connectivity index (χ1v) is 8.27. The Hall–Kier alpha value is -1.61. The number of alkyl halides is 3. The van der Waals surface area contributed by atoms with Crippen LogP contribution in [0.15, 0.2) is 6.07 Å². The van der Waals surface area contributed by atoms with Crippen LogP contribution >= 0.6 is 0 Å². The number of carbonyl (C=O) groups excluding carboxylic acids is 1. The number of halogens is 3. The maximum absolute atomic E-state index is 12.6. The maximum atomic E-state index is 12.6. The molecule has 3 rings (SSSR count). The average Bonchev–Trinajstić information content (AvgIpc) is 3.04. The molecule has 24 heavy (non-hydrogen) atoms. The molecule has 1 aromatic heterocycles. The van der Waals surface area contributed by atoms with Gasteiger partial charge in [0, 0.05) is 45.0 Å². The molecule has 1 aromatic rings. The van der Waals surface area contributed by atoms with Crippen molar-refractivity contribution < 1.29 is 18.0 Å². The van der Waals surface area contributed by atoms with E-state index in [-0.39, 0.29) is 11.8 Å². The summed E-state index contributed by atoms with van der Waals surface area (Å²) < 4.78 is 37.8. The second-order valence-electron chi connectivity index (χ2n) is 6.43. The monoisotopic (exact) mass is 345 g/mol. The van der Waals surface area contributed by atoms with E-state index in [1.54, 1.807) is 0 Å². The van der Waals surface area contributed by atoms with E-state index in [1.165, 1.54) is 0 Å². The summed E-state index contributed by atoms with van der Waals surface area (Å²) >= 11 is 0. The third-order valence-corrected chi connectivity index (χ3v) is 4.60. The van der Waals surface area contributed by atoms with Gasteiger partial charge in [0.05, 0.1) is 5.92 Å². The average molecular weight is 345 g/mol. The summed E-state index contributed by atoms with van der Waals surface area (Å²) in [5.41, 5.74) is -0.472. The lowest BCUT2D eigenvalue weighted by atomic mass is 9.96. The van der Waals surface area contributed by atoms with Crippen molar-refractivity contribution in [3.8, 4) is 0 Å². The zero-order chi connectivity index (χ0) is 17.2. The Kier molecular flexibility index (Phi) is 5.09. The highest BCUT2D eigenvalue weighted by atomic mass is 19.4. The fourth-order valence-electron chi connectivity index (χ4n) is 3.37. The lowest BCUT2D eigenvalue weighted by Gasteiger charge is -2.36. The normalized spacial score (nSPS) is 23.5. The summed E-state index contributed by atoms with van der Waals surface area (Å²) in [5.74, 6) is 0.101. The van der Waals surface area contributed by atoms with Gasteiger partial charge in [0.1, 0.15) is 0 Å². The van der Waals surface area contributed by atoms with Crippen molar-refractivity contribution in [1.82, 2.24) is 25.3 Å². The molecule has 2 aliphatic rings. The SMILES string of the molecule is O=C(C1CCCN(Cc2cc(C(F)(F)F)n[nH]2)C1)N1CCNCC1. The Balaban J connectivity index is 1.57. The van der Waals surface area contributed by atoms with Crippen LogP contribution in [0.1, 0.15) is 24.2 Å². The van der Waals surface area contributed by atoms with Gasteiger partial charge in [0.25, 0.3) is 0 Å². The van der Waals surface area contributed by atoms with Crippen LogP contribution in [-0.4, -0.2) is 65.2 Å². The zero-order valence-electron chi connectivity index (χ0n) is 13.4. The second kappa shape index (κ2) is 7.10. The first kappa shape index (κ1) is 17.2. The van der Waals surface area contributed by atoms with Crippen molar-refractivity contribution in [2.45, 2.75) is 25.6 Å². The third kappa shape index (κ3) is 4.07. The Labute approximate surface area is 138 Å². The Morgan fingerprint density at radius 3 is 2.71 bits per heavy atom. The fourth-order valence-corrected chi connectivity index (χ4v) is 3.37. The van der Waals surface area contributed by atoms with Crippen LogP contribution in [-0.2, 0) is 17.5 Å². The summed E-state index contributed by atoms with van der Waals surface area (Å²) in [6, 6.07) is 1.04. The molecule has 134 valence electrons. The first-order valence-electron chi connectivity index (χ1n) is 8.27. The van der Waals surface area contributed by atoms with Crippen LogP contribution in [0.4, 0.5) is 13.2 Å². The summed E-state index contributed by atoms with van der Waals surface area (Å²) in [6.07, 6.45) is -2.71. The number of piperidine rings is 1. The number of nitrogens with zero attached hydrogens (tertiary/aromatic N) is 3. The summed E-state index contributed by atoms with van der Waals surface area (Å²) in [6.45, 7) is 4.81. The number of aromatic amines is 1. The van der Waals surface area contributed by atoms with Gasteiger partial charge in [-0.05, 0) is 25.5 Å². The number of rotatable bonds is 3. The molecule has 2 saturated heterocycles. The minimum atomic E-state index is -4.43. The highest BCUT2D eigenvalue weighted by molar-refractivity contribution is 5.79. The molecule has 9 heteroatoms. The fraction of sp³-hybridized carbons (Fsp3) is 0.733. The lowest BCUT2D eigenvalue weighted by molar-refractivity contribution is -0.141. The Bertz CT molecular complexity index is 568. The van der Waals surface area contributed by atoms with Crippen molar-refractivity contribution in [2.75, 3.05) is 39.3 Å².